The molecule has 3 rings (SSSR count). The van der Waals surface area contributed by atoms with Crippen LogP contribution in [0.15, 0.2) is 41.0 Å². The van der Waals surface area contributed by atoms with Crippen molar-refractivity contribution in [3.63, 3.8) is 0 Å². The number of ether oxygens (including phenoxy) is 1. The van der Waals surface area contributed by atoms with E-state index in [4.69, 9.17) is 4.74 Å². The lowest BCUT2D eigenvalue weighted by Crippen LogP contribution is -2.36. The number of benzene rings is 1. The van der Waals surface area contributed by atoms with Crippen LogP contribution in [0.2, 0.25) is 0 Å². The zero-order chi connectivity index (χ0) is 14.8. The minimum Gasteiger partial charge on any atom is -0.495 e. The Morgan fingerprint density at radius 1 is 1.33 bits per heavy atom. The molecule has 2 heterocycles. The first-order valence-corrected chi connectivity index (χ1v) is 7.60. The molecule has 0 N–H and O–H groups in total. The summed E-state index contributed by atoms with van der Waals surface area (Å²) in [6.07, 6.45) is 3.53. The van der Waals surface area contributed by atoms with Crippen molar-refractivity contribution in [1.29, 1.82) is 0 Å². The number of carbonyl (C=O) groups excluding carboxylic acids is 1. The predicted molar refractivity (Wildman–Crippen MR) is 84.9 cm³/mol. The molecule has 0 saturated carbocycles. The molecule has 0 radical (unpaired) electrons. The van der Waals surface area contributed by atoms with Gasteiger partial charge in [0, 0.05) is 17.2 Å². The molecule has 0 bridgehead atoms. The van der Waals surface area contributed by atoms with Crippen LogP contribution in [0.1, 0.15) is 22.5 Å². The van der Waals surface area contributed by atoms with Gasteiger partial charge in [-0.2, -0.15) is 0 Å². The number of amides is 1. The number of aryl methyl sites for hydroxylation is 1. The van der Waals surface area contributed by atoms with E-state index >= 15 is 0 Å². The summed E-state index contributed by atoms with van der Waals surface area (Å²) in [6.45, 7) is 0.676. The smallest absolute Gasteiger partial charge is 0.278 e. The van der Waals surface area contributed by atoms with Gasteiger partial charge in [0.25, 0.3) is 5.91 Å². The van der Waals surface area contributed by atoms with Crippen molar-refractivity contribution < 1.29 is 9.53 Å². The number of para-hydroxylation sites is 1. The van der Waals surface area contributed by atoms with E-state index < -0.39 is 0 Å². The van der Waals surface area contributed by atoms with Crippen LogP contribution in [0.25, 0.3) is 0 Å². The summed E-state index contributed by atoms with van der Waals surface area (Å²) in [6, 6.07) is 9.52. The minimum absolute atomic E-state index is 0.104. The highest BCUT2D eigenvalue weighted by molar-refractivity contribution is 9.10. The van der Waals surface area contributed by atoms with Crippen LogP contribution in [0, 0.1) is 0 Å². The summed E-state index contributed by atoms with van der Waals surface area (Å²) in [5, 5.41) is 0. The lowest BCUT2D eigenvalue weighted by molar-refractivity contribution is 0.0979. The fourth-order valence-electron chi connectivity index (χ4n) is 2.65. The van der Waals surface area contributed by atoms with Crippen molar-refractivity contribution in [2.75, 3.05) is 18.6 Å². The summed E-state index contributed by atoms with van der Waals surface area (Å²) in [7, 11) is 1.63. The third-order valence-corrected chi connectivity index (χ3v) is 4.25. The number of hydrogen-bond acceptors (Lipinski definition) is 3. The third-order valence-electron chi connectivity index (χ3n) is 3.61. The average molecular weight is 347 g/mol. The fourth-order valence-corrected chi connectivity index (χ4v) is 3.08. The molecule has 108 valence electrons. The summed E-state index contributed by atoms with van der Waals surface area (Å²) in [5.74, 6) is 0.625. The maximum absolute atomic E-state index is 12.8. The number of methoxy groups -OCH3 is 1. The Morgan fingerprint density at radius 2 is 2.19 bits per heavy atom. The van der Waals surface area contributed by atoms with E-state index in [0.717, 1.165) is 29.8 Å². The third kappa shape index (κ3) is 2.53. The molecule has 4 nitrogen and oxygen atoms in total. The quantitative estimate of drug-likeness (QED) is 0.836. The second-order valence-electron chi connectivity index (χ2n) is 4.86. The van der Waals surface area contributed by atoms with Gasteiger partial charge in [0.05, 0.1) is 12.8 Å². The second kappa shape index (κ2) is 5.85. The van der Waals surface area contributed by atoms with Crippen LogP contribution in [-0.4, -0.2) is 24.5 Å². The summed E-state index contributed by atoms with van der Waals surface area (Å²) >= 11 is 3.40. The summed E-state index contributed by atoms with van der Waals surface area (Å²) in [5.41, 5.74) is 2.44. The molecule has 1 aliphatic heterocycles. The molecule has 1 aliphatic rings. The van der Waals surface area contributed by atoms with Crippen LogP contribution in [0.5, 0.6) is 5.75 Å². The monoisotopic (exact) mass is 346 g/mol. The standard InChI is InChI=1S/C16H15BrN2O2/c1-21-13-8-2-5-11-6-4-10-19(15(11)13)16(20)14-12(17)7-3-9-18-14/h2-3,5,7-9H,4,6,10H2,1H3. The Labute approximate surface area is 131 Å². The van der Waals surface area contributed by atoms with Gasteiger partial charge in [-0.15, -0.1) is 0 Å². The highest BCUT2D eigenvalue weighted by Crippen LogP contribution is 2.37. The number of carbonyl (C=O) groups is 1. The van der Waals surface area contributed by atoms with Gasteiger partial charge in [-0.25, -0.2) is 4.98 Å². The van der Waals surface area contributed by atoms with Crippen molar-refractivity contribution >= 4 is 27.5 Å². The number of halogens is 1. The molecule has 0 fully saturated rings. The number of anilines is 1. The van der Waals surface area contributed by atoms with Crippen molar-refractivity contribution in [2.24, 2.45) is 0 Å². The fraction of sp³-hybridized carbons (Fsp3) is 0.250. The van der Waals surface area contributed by atoms with Gasteiger partial charge in [-0.3, -0.25) is 4.79 Å². The van der Waals surface area contributed by atoms with E-state index in [0.29, 0.717) is 16.7 Å². The van der Waals surface area contributed by atoms with Crippen LogP contribution in [0.3, 0.4) is 0 Å². The first-order chi connectivity index (χ1) is 10.2. The van der Waals surface area contributed by atoms with Crippen molar-refractivity contribution in [1.82, 2.24) is 4.98 Å². The van der Waals surface area contributed by atoms with Crippen molar-refractivity contribution in [2.45, 2.75) is 12.8 Å². The molecule has 0 unspecified atom stereocenters. The molecule has 0 saturated heterocycles. The van der Waals surface area contributed by atoms with Gasteiger partial charge in [0.1, 0.15) is 11.4 Å². The first-order valence-electron chi connectivity index (χ1n) is 6.80. The van der Waals surface area contributed by atoms with Crippen LogP contribution >= 0.6 is 15.9 Å². The van der Waals surface area contributed by atoms with E-state index in [2.05, 4.69) is 20.9 Å². The molecule has 1 aromatic heterocycles. The largest absolute Gasteiger partial charge is 0.495 e. The molecule has 0 aliphatic carbocycles. The van der Waals surface area contributed by atoms with E-state index in [1.165, 1.54) is 0 Å². The number of hydrogen-bond donors (Lipinski definition) is 0. The van der Waals surface area contributed by atoms with Gasteiger partial charge in [-0.1, -0.05) is 12.1 Å². The number of nitrogens with zero attached hydrogens (tertiary/aromatic N) is 2. The molecular weight excluding hydrogens is 332 g/mol. The van der Waals surface area contributed by atoms with Gasteiger partial charge in [0.15, 0.2) is 0 Å². The topological polar surface area (TPSA) is 42.4 Å². The Kier molecular flexibility index (Phi) is 3.92. The number of pyridine rings is 1. The molecule has 2 aromatic rings. The number of rotatable bonds is 2. The highest BCUT2D eigenvalue weighted by Gasteiger charge is 2.28. The van der Waals surface area contributed by atoms with Gasteiger partial charge < -0.3 is 9.64 Å². The minimum atomic E-state index is -0.104. The zero-order valence-electron chi connectivity index (χ0n) is 11.7. The maximum atomic E-state index is 12.8. The summed E-state index contributed by atoms with van der Waals surface area (Å²) in [4.78, 5) is 18.8. The molecule has 1 aromatic carbocycles. The van der Waals surface area contributed by atoms with Crippen LogP contribution < -0.4 is 9.64 Å². The Morgan fingerprint density at radius 3 is 2.95 bits per heavy atom. The van der Waals surface area contributed by atoms with E-state index in [1.807, 2.05) is 24.3 Å². The Balaban J connectivity index is 2.06. The van der Waals surface area contributed by atoms with Gasteiger partial charge in [-0.05, 0) is 52.5 Å². The van der Waals surface area contributed by atoms with Crippen molar-refractivity contribution in [3.8, 4) is 5.75 Å². The maximum Gasteiger partial charge on any atom is 0.278 e. The molecular formula is C16H15BrN2O2. The predicted octanol–water partition coefficient (Wildman–Crippen LogP) is 3.45. The van der Waals surface area contributed by atoms with Gasteiger partial charge in [0.2, 0.25) is 0 Å². The van der Waals surface area contributed by atoms with E-state index in [1.54, 1.807) is 24.3 Å². The molecule has 0 spiro atoms. The van der Waals surface area contributed by atoms with E-state index in [-0.39, 0.29) is 5.91 Å². The normalized spacial score (nSPS) is 13.7. The molecule has 5 heteroatoms. The van der Waals surface area contributed by atoms with Gasteiger partial charge >= 0.3 is 0 Å². The molecule has 21 heavy (non-hydrogen) atoms. The average Bonchev–Trinajstić information content (AvgIpc) is 2.53. The molecule has 1 amide bonds. The number of aromatic nitrogens is 1. The van der Waals surface area contributed by atoms with E-state index in [9.17, 15) is 4.79 Å². The van der Waals surface area contributed by atoms with Crippen molar-refractivity contribution in [3.05, 3.63) is 52.3 Å². The summed E-state index contributed by atoms with van der Waals surface area (Å²) < 4.78 is 6.14. The zero-order valence-corrected chi connectivity index (χ0v) is 13.3. The Hall–Kier alpha value is -1.88. The lowest BCUT2D eigenvalue weighted by atomic mass is 10.0. The SMILES string of the molecule is COc1cccc2c1N(C(=O)c1ncccc1Br)CCC2. The van der Waals surface area contributed by atoms with Crippen LogP contribution in [-0.2, 0) is 6.42 Å². The lowest BCUT2D eigenvalue weighted by Gasteiger charge is -2.30. The molecule has 0 atom stereocenters. The first kappa shape index (κ1) is 14.1. The highest BCUT2D eigenvalue weighted by atomic mass is 79.9. The number of fused-ring (bicyclic) bond motifs is 1. The second-order valence-corrected chi connectivity index (χ2v) is 5.72. The Bertz CT molecular complexity index is 673. The van der Waals surface area contributed by atoms with Crippen LogP contribution in [0.4, 0.5) is 5.69 Å².